The largest absolute Gasteiger partial charge is 0.456 e. The van der Waals surface area contributed by atoms with E-state index < -0.39 is 0 Å². The van der Waals surface area contributed by atoms with Crippen LogP contribution in [0, 0.1) is 0 Å². The lowest BCUT2D eigenvalue weighted by Crippen LogP contribution is -2.24. The molecule has 0 bridgehead atoms. The van der Waals surface area contributed by atoms with Crippen LogP contribution in [0.3, 0.4) is 0 Å². The molecule has 5 nitrogen and oxygen atoms in total. The van der Waals surface area contributed by atoms with Gasteiger partial charge < -0.3 is 19.1 Å². The number of anilines is 9. The summed E-state index contributed by atoms with van der Waals surface area (Å²) < 4.78 is 6.28. The lowest BCUT2D eigenvalue weighted by atomic mass is 9.98. The van der Waals surface area contributed by atoms with Crippen LogP contribution < -0.4 is 20.1 Å². The molecule has 0 saturated heterocycles. The summed E-state index contributed by atoms with van der Waals surface area (Å²) in [6.45, 7) is 0. The Hall–Kier alpha value is -7.63. The molecule has 0 spiro atoms. The highest BCUT2D eigenvalue weighted by molar-refractivity contribution is 6.10. The third-order valence-electron chi connectivity index (χ3n) is 10.8. The molecule has 56 heavy (non-hydrogen) atoms. The molecule has 1 aromatic heterocycles. The van der Waals surface area contributed by atoms with E-state index in [0.717, 1.165) is 62.0 Å². The van der Waals surface area contributed by atoms with Gasteiger partial charge in [-0.2, -0.15) is 0 Å². The number of hydrogen-bond donors (Lipinski definition) is 0. The zero-order valence-corrected chi connectivity index (χ0v) is 30.2. The SMILES string of the molecule is O=c1c2ccccc2oc2ccc(N3c4ccc(N(c5ccccc5)c5ccccc5)cc4N(c4ccccc4)c4cc5cc6ccccc6cc5cc43)cc12. The fourth-order valence-electron chi connectivity index (χ4n) is 8.27. The number of nitrogens with zero attached hydrogens (tertiary/aromatic N) is 3. The van der Waals surface area contributed by atoms with Crippen LogP contribution in [0.2, 0.25) is 0 Å². The Morgan fingerprint density at radius 3 is 1.55 bits per heavy atom. The third-order valence-corrected chi connectivity index (χ3v) is 10.8. The first-order valence-electron chi connectivity index (χ1n) is 18.8. The fourth-order valence-corrected chi connectivity index (χ4v) is 8.27. The van der Waals surface area contributed by atoms with E-state index in [0.29, 0.717) is 21.9 Å². The van der Waals surface area contributed by atoms with Crippen LogP contribution in [0.25, 0.3) is 43.5 Å². The number of benzene rings is 9. The zero-order valence-electron chi connectivity index (χ0n) is 30.2. The highest BCUT2D eigenvalue weighted by atomic mass is 16.3. The fraction of sp³-hybridized carbons (Fsp3) is 0. The summed E-state index contributed by atoms with van der Waals surface area (Å²) in [6.07, 6.45) is 0. The maximum Gasteiger partial charge on any atom is 0.200 e. The molecule has 264 valence electrons. The zero-order chi connectivity index (χ0) is 37.2. The molecular formula is C51H33N3O2. The molecule has 0 unspecified atom stereocenters. The molecule has 0 radical (unpaired) electrons. The van der Waals surface area contributed by atoms with Gasteiger partial charge in [0.1, 0.15) is 11.2 Å². The van der Waals surface area contributed by atoms with E-state index in [1.165, 1.54) is 10.8 Å². The van der Waals surface area contributed by atoms with Gasteiger partial charge in [-0.05, 0) is 131 Å². The second-order valence-corrected chi connectivity index (χ2v) is 14.2. The summed E-state index contributed by atoms with van der Waals surface area (Å²) in [5.41, 5.74) is 10.2. The molecular weight excluding hydrogens is 687 g/mol. The normalized spacial score (nSPS) is 12.3. The van der Waals surface area contributed by atoms with E-state index in [-0.39, 0.29) is 5.43 Å². The van der Waals surface area contributed by atoms with Crippen molar-refractivity contribution < 1.29 is 4.42 Å². The van der Waals surface area contributed by atoms with Gasteiger partial charge in [0, 0.05) is 28.4 Å². The van der Waals surface area contributed by atoms with Gasteiger partial charge in [0.15, 0.2) is 0 Å². The van der Waals surface area contributed by atoms with Gasteiger partial charge in [-0.3, -0.25) is 4.79 Å². The van der Waals surface area contributed by atoms with Crippen molar-refractivity contribution >= 4 is 94.7 Å². The predicted molar refractivity (Wildman–Crippen MR) is 233 cm³/mol. The van der Waals surface area contributed by atoms with Crippen molar-refractivity contribution in [3.8, 4) is 0 Å². The number of para-hydroxylation sites is 4. The first-order valence-corrected chi connectivity index (χ1v) is 18.8. The van der Waals surface area contributed by atoms with E-state index in [1.54, 1.807) is 0 Å². The first kappa shape index (κ1) is 31.9. The average Bonchev–Trinajstić information content (AvgIpc) is 3.25. The average molecular weight is 720 g/mol. The summed E-state index contributed by atoms with van der Waals surface area (Å²) in [5.74, 6) is 0. The molecule has 0 aliphatic carbocycles. The Kier molecular flexibility index (Phi) is 7.25. The first-order chi connectivity index (χ1) is 27.7. The molecule has 0 saturated carbocycles. The van der Waals surface area contributed by atoms with E-state index >= 15 is 0 Å². The molecule has 1 aliphatic heterocycles. The van der Waals surface area contributed by atoms with Crippen LogP contribution >= 0.6 is 0 Å². The van der Waals surface area contributed by atoms with Crippen molar-refractivity contribution in [2.24, 2.45) is 0 Å². The van der Waals surface area contributed by atoms with Crippen molar-refractivity contribution in [2.75, 3.05) is 14.7 Å². The minimum Gasteiger partial charge on any atom is -0.456 e. The quantitative estimate of drug-likeness (QED) is 0.166. The lowest BCUT2D eigenvalue weighted by Gasteiger charge is -2.41. The van der Waals surface area contributed by atoms with Crippen molar-refractivity contribution in [1.29, 1.82) is 0 Å². The summed E-state index contributed by atoms with van der Waals surface area (Å²) in [7, 11) is 0. The van der Waals surface area contributed by atoms with E-state index in [1.807, 2.05) is 48.5 Å². The Morgan fingerprint density at radius 1 is 0.357 bits per heavy atom. The van der Waals surface area contributed by atoms with E-state index in [2.05, 4.69) is 166 Å². The monoisotopic (exact) mass is 719 g/mol. The van der Waals surface area contributed by atoms with Gasteiger partial charge in [-0.15, -0.1) is 0 Å². The minimum atomic E-state index is -0.0474. The molecule has 0 N–H and O–H groups in total. The molecule has 0 atom stereocenters. The van der Waals surface area contributed by atoms with Gasteiger partial charge in [-0.25, -0.2) is 0 Å². The van der Waals surface area contributed by atoms with E-state index in [9.17, 15) is 4.79 Å². The molecule has 5 heteroatoms. The molecule has 11 rings (SSSR count). The highest BCUT2D eigenvalue weighted by Gasteiger charge is 2.32. The Labute approximate surface area is 323 Å². The second-order valence-electron chi connectivity index (χ2n) is 14.2. The molecule has 1 aliphatic rings. The Balaban J connectivity index is 1.21. The summed E-state index contributed by atoms with van der Waals surface area (Å²) in [4.78, 5) is 21.0. The molecule has 9 aromatic carbocycles. The molecule has 0 fully saturated rings. The van der Waals surface area contributed by atoms with Crippen molar-refractivity contribution in [3.63, 3.8) is 0 Å². The maximum atomic E-state index is 14.0. The predicted octanol–water partition coefficient (Wildman–Crippen LogP) is 14.0. The van der Waals surface area contributed by atoms with Crippen LogP contribution in [0.15, 0.2) is 209 Å². The second kappa shape index (κ2) is 12.8. The molecule has 10 aromatic rings. The topological polar surface area (TPSA) is 39.9 Å². The summed E-state index contributed by atoms with van der Waals surface area (Å²) in [6, 6.07) is 69.3. The van der Waals surface area contributed by atoms with Crippen molar-refractivity contribution in [1.82, 2.24) is 0 Å². The maximum absolute atomic E-state index is 14.0. The minimum absolute atomic E-state index is 0.0474. The Bertz CT molecular complexity index is 3140. The van der Waals surface area contributed by atoms with E-state index in [4.69, 9.17) is 4.42 Å². The van der Waals surface area contributed by atoms with Crippen LogP contribution in [-0.4, -0.2) is 0 Å². The van der Waals surface area contributed by atoms with Crippen LogP contribution in [-0.2, 0) is 0 Å². The number of fused-ring (bicyclic) bond motifs is 6. The Morgan fingerprint density at radius 2 is 0.893 bits per heavy atom. The summed E-state index contributed by atoms with van der Waals surface area (Å²) in [5, 5.41) is 5.75. The van der Waals surface area contributed by atoms with Crippen molar-refractivity contribution in [2.45, 2.75) is 0 Å². The lowest BCUT2D eigenvalue weighted by molar-refractivity contribution is 0.660. The van der Waals surface area contributed by atoms with Crippen molar-refractivity contribution in [3.05, 3.63) is 210 Å². The summed E-state index contributed by atoms with van der Waals surface area (Å²) >= 11 is 0. The third kappa shape index (κ3) is 5.13. The smallest absolute Gasteiger partial charge is 0.200 e. The van der Waals surface area contributed by atoms with Gasteiger partial charge in [0.05, 0.1) is 33.5 Å². The number of hydrogen-bond acceptors (Lipinski definition) is 5. The van der Waals surface area contributed by atoms with Gasteiger partial charge in [-0.1, -0.05) is 91.0 Å². The number of rotatable bonds is 5. The molecule has 0 amide bonds. The highest BCUT2D eigenvalue weighted by Crippen LogP contribution is 2.56. The van der Waals surface area contributed by atoms with Crippen LogP contribution in [0.5, 0.6) is 0 Å². The van der Waals surface area contributed by atoms with Crippen LogP contribution in [0.4, 0.5) is 51.2 Å². The van der Waals surface area contributed by atoms with Gasteiger partial charge >= 0.3 is 0 Å². The standard InChI is InChI=1S/C51H33N3O2/c55-51-43-22-12-13-23-49(43)56-50-27-25-41(32-44(50)51)54-45-26-24-42(52(38-16-4-1-5-17-38)39-18-6-2-7-19-39)33-48(45)53(40-20-8-3-9-21-40)46-30-36-28-34-14-10-11-15-35(34)29-37(36)31-47(46)54/h1-33H. The van der Waals surface area contributed by atoms with Crippen LogP contribution in [0.1, 0.15) is 0 Å². The molecule has 2 heterocycles. The van der Waals surface area contributed by atoms with Gasteiger partial charge in [0.2, 0.25) is 5.43 Å². The van der Waals surface area contributed by atoms with Gasteiger partial charge in [0.25, 0.3) is 0 Å².